The summed E-state index contributed by atoms with van der Waals surface area (Å²) in [7, 11) is 0. The minimum absolute atomic E-state index is 0.00284. The molecule has 8 unspecified atom stereocenters. The van der Waals surface area contributed by atoms with Crippen LogP contribution in [0.5, 0.6) is 0 Å². The van der Waals surface area contributed by atoms with Crippen molar-refractivity contribution in [2.24, 2.45) is 56.7 Å². The summed E-state index contributed by atoms with van der Waals surface area (Å²) < 4.78 is 0. The first kappa shape index (κ1) is 25.5. The Morgan fingerprint density at radius 3 is 1.74 bits per heavy atom. The molecule has 0 aromatic carbocycles. The first-order valence-electron chi connectivity index (χ1n) is 14.2. The van der Waals surface area contributed by atoms with Gasteiger partial charge in [-0.25, -0.2) is 0 Å². The Bertz CT molecular complexity index is 832. The number of hydrogen-bond acceptors (Lipinski definition) is 4. The third-order valence-corrected chi connectivity index (χ3v) is 13.7. The molecule has 12 atom stereocenters. The van der Waals surface area contributed by atoms with Crippen molar-refractivity contribution in [2.75, 3.05) is 0 Å². The van der Waals surface area contributed by atoms with Gasteiger partial charge in [-0.3, -0.25) is 0 Å². The van der Waals surface area contributed by atoms with Crippen LogP contribution in [0.2, 0.25) is 0 Å². The topological polar surface area (TPSA) is 80.9 Å². The van der Waals surface area contributed by atoms with Crippen LogP contribution in [0.1, 0.15) is 107 Å². The van der Waals surface area contributed by atoms with E-state index in [4.69, 9.17) is 0 Å². The summed E-state index contributed by atoms with van der Waals surface area (Å²) in [5, 5.41) is 45.4. The Labute approximate surface area is 207 Å². The molecule has 0 saturated heterocycles. The lowest BCUT2D eigenvalue weighted by Gasteiger charge is -2.74. The van der Waals surface area contributed by atoms with Crippen molar-refractivity contribution in [1.82, 2.24) is 0 Å². The fourth-order valence-electron chi connectivity index (χ4n) is 12.3. The van der Waals surface area contributed by atoms with Gasteiger partial charge in [-0.2, -0.15) is 0 Å². The molecule has 4 nitrogen and oxygen atoms in total. The van der Waals surface area contributed by atoms with E-state index in [2.05, 4.69) is 41.5 Å². The molecule has 0 aliphatic heterocycles. The van der Waals surface area contributed by atoms with E-state index >= 15 is 0 Å². The first-order chi connectivity index (χ1) is 15.4. The zero-order valence-corrected chi connectivity index (χ0v) is 23.1. The lowest BCUT2D eigenvalue weighted by atomic mass is 9.31. The van der Waals surface area contributed by atoms with Crippen LogP contribution in [0.15, 0.2) is 0 Å². The maximum absolute atomic E-state index is 11.8. The molecule has 5 rings (SSSR count). The van der Waals surface area contributed by atoms with Gasteiger partial charge in [-0.1, -0.05) is 41.5 Å². The zero-order valence-electron chi connectivity index (χ0n) is 23.1. The van der Waals surface area contributed by atoms with Crippen molar-refractivity contribution in [2.45, 2.75) is 131 Å². The third-order valence-electron chi connectivity index (χ3n) is 13.7. The highest BCUT2D eigenvalue weighted by Crippen LogP contribution is 2.78. The standard InChI is InChI=1S/C30H52O4/c1-25(2)22(33)12-14-28(6)21-10-9-20-27(5)13-11-17(26(3,4)34)23(27)18(31)15-29(20,7)30(21,8)16-19(32)24(25)28/h17-24,31-34H,9-16H2,1-8H3/t17?,18-,19?,20?,21?,22-,23?,24?,27?,28+,29?,30+/m0/s1. The van der Waals surface area contributed by atoms with Gasteiger partial charge < -0.3 is 20.4 Å². The molecule has 5 fully saturated rings. The normalized spacial score (nSPS) is 58.9. The van der Waals surface area contributed by atoms with Crippen LogP contribution in [0, 0.1) is 56.7 Å². The van der Waals surface area contributed by atoms with Crippen molar-refractivity contribution < 1.29 is 20.4 Å². The molecular formula is C30H52O4. The third kappa shape index (κ3) is 2.92. The van der Waals surface area contributed by atoms with Crippen molar-refractivity contribution in [3.8, 4) is 0 Å². The highest BCUT2D eigenvalue weighted by atomic mass is 16.3. The van der Waals surface area contributed by atoms with E-state index in [1.165, 1.54) is 12.8 Å². The molecule has 0 spiro atoms. The van der Waals surface area contributed by atoms with Gasteiger partial charge >= 0.3 is 0 Å². The molecule has 4 N–H and O–H groups in total. The molecule has 0 radical (unpaired) electrons. The van der Waals surface area contributed by atoms with E-state index < -0.39 is 17.8 Å². The average molecular weight is 477 g/mol. The second kappa shape index (κ2) is 7.23. The molecule has 0 aromatic rings. The van der Waals surface area contributed by atoms with Gasteiger partial charge in [0.1, 0.15) is 0 Å². The molecule has 0 aromatic heterocycles. The predicted molar refractivity (Wildman–Crippen MR) is 135 cm³/mol. The van der Waals surface area contributed by atoms with E-state index in [0.717, 1.165) is 38.5 Å². The van der Waals surface area contributed by atoms with Crippen LogP contribution in [-0.2, 0) is 0 Å². The largest absolute Gasteiger partial charge is 0.393 e. The first-order valence-corrected chi connectivity index (χ1v) is 14.2. The molecule has 196 valence electrons. The average Bonchev–Trinajstić information content (AvgIpc) is 3.05. The fourth-order valence-corrected chi connectivity index (χ4v) is 12.3. The van der Waals surface area contributed by atoms with Gasteiger partial charge in [-0.15, -0.1) is 0 Å². The lowest BCUT2D eigenvalue weighted by molar-refractivity contribution is -0.289. The summed E-state index contributed by atoms with van der Waals surface area (Å²) in [5.74, 6) is 1.37. The van der Waals surface area contributed by atoms with E-state index in [9.17, 15) is 20.4 Å². The van der Waals surface area contributed by atoms with Gasteiger partial charge in [-0.05, 0) is 122 Å². The maximum atomic E-state index is 11.8. The lowest BCUT2D eigenvalue weighted by Crippen LogP contribution is -2.71. The number of hydrogen-bond donors (Lipinski definition) is 4. The monoisotopic (exact) mass is 476 g/mol. The Morgan fingerprint density at radius 2 is 1.18 bits per heavy atom. The van der Waals surface area contributed by atoms with Crippen molar-refractivity contribution in [1.29, 1.82) is 0 Å². The van der Waals surface area contributed by atoms with Crippen LogP contribution in [0.4, 0.5) is 0 Å². The second-order valence-corrected chi connectivity index (χ2v) is 15.8. The van der Waals surface area contributed by atoms with E-state index in [0.29, 0.717) is 11.8 Å². The van der Waals surface area contributed by atoms with E-state index in [-0.39, 0.29) is 50.9 Å². The van der Waals surface area contributed by atoms with Gasteiger partial charge in [0.25, 0.3) is 0 Å². The summed E-state index contributed by atoms with van der Waals surface area (Å²) in [6.45, 7) is 17.9. The number of rotatable bonds is 1. The summed E-state index contributed by atoms with van der Waals surface area (Å²) in [6.07, 6.45) is 6.55. The van der Waals surface area contributed by atoms with Crippen LogP contribution < -0.4 is 0 Å². The fraction of sp³-hybridized carbons (Fsp3) is 1.00. The summed E-state index contributed by atoms with van der Waals surface area (Å²) in [5.41, 5.74) is -1.15. The highest BCUT2D eigenvalue weighted by Gasteiger charge is 2.74. The summed E-state index contributed by atoms with van der Waals surface area (Å²) in [4.78, 5) is 0. The smallest absolute Gasteiger partial charge is 0.0623 e. The molecular weight excluding hydrogens is 424 g/mol. The second-order valence-electron chi connectivity index (χ2n) is 15.8. The molecule has 4 heteroatoms. The maximum Gasteiger partial charge on any atom is 0.0623 e. The van der Waals surface area contributed by atoms with Gasteiger partial charge in [0.2, 0.25) is 0 Å². The Morgan fingerprint density at radius 1 is 0.676 bits per heavy atom. The minimum atomic E-state index is -0.769. The molecule has 5 aliphatic rings. The van der Waals surface area contributed by atoms with Crippen LogP contribution in [0.3, 0.4) is 0 Å². The van der Waals surface area contributed by atoms with Gasteiger partial charge in [0.15, 0.2) is 0 Å². The highest BCUT2D eigenvalue weighted by molar-refractivity contribution is 5.22. The van der Waals surface area contributed by atoms with Crippen LogP contribution in [-0.4, -0.2) is 44.3 Å². The Balaban J connectivity index is 1.57. The van der Waals surface area contributed by atoms with Crippen molar-refractivity contribution >= 4 is 0 Å². The number of fused-ring (bicyclic) bond motifs is 7. The molecule has 0 heterocycles. The molecule has 0 bridgehead atoms. The zero-order chi connectivity index (χ0) is 25.3. The van der Waals surface area contributed by atoms with E-state index in [1.54, 1.807) is 0 Å². The Hall–Kier alpha value is -0.160. The van der Waals surface area contributed by atoms with Crippen molar-refractivity contribution in [3.63, 3.8) is 0 Å². The molecule has 5 aliphatic carbocycles. The van der Waals surface area contributed by atoms with Gasteiger partial charge in [0.05, 0.1) is 23.9 Å². The number of aliphatic hydroxyl groups excluding tert-OH is 3. The molecule has 0 amide bonds. The van der Waals surface area contributed by atoms with Crippen LogP contribution >= 0.6 is 0 Å². The summed E-state index contributed by atoms with van der Waals surface area (Å²) >= 11 is 0. The van der Waals surface area contributed by atoms with Gasteiger partial charge in [0, 0.05) is 0 Å². The summed E-state index contributed by atoms with van der Waals surface area (Å²) in [6, 6.07) is 0. The molecule has 34 heavy (non-hydrogen) atoms. The SMILES string of the molecule is CC(C)(O)C1CCC2(C)C1[C@@H](O)CC1(C)C2CCC2[C@@]3(C)CC[C@H](O)C(C)(C)C3C(O)C[C@]21C. The molecule has 5 saturated carbocycles. The number of aliphatic hydroxyl groups is 4. The predicted octanol–water partition coefficient (Wildman–Crippen LogP) is 5.16. The van der Waals surface area contributed by atoms with Crippen LogP contribution in [0.25, 0.3) is 0 Å². The Kier molecular flexibility index (Phi) is 5.42. The quantitative estimate of drug-likeness (QED) is 0.421. The van der Waals surface area contributed by atoms with Crippen molar-refractivity contribution in [3.05, 3.63) is 0 Å². The van der Waals surface area contributed by atoms with E-state index in [1.807, 2.05) is 13.8 Å². The minimum Gasteiger partial charge on any atom is -0.393 e.